The fraction of sp³-hybridized carbons (Fsp3) is 0.474. The smallest absolute Gasteiger partial charge is 0.248 e. The molecule has 0 N–H and O–H groups in total. The summed E-state index contributed by atoms with van der Waals surface area (Å²) in [7, 11) is 0. The monoisotopic (exact) mass is 327 g/mol. The number of hydrogen-bond donors (Lipinski definition) is 0. The third-order valence-electron chi connectivity index (χ3n) is 4.46. The lowest BCUT2D eigenvalue weighted by molar-refractivity contribution is -0.137. The van der Waals surface area contributed by atoms with E-state index in [2.05, 4.69) is 23.4 Å². The van der Waals surface area contributed by atoms with Crippen LogP contribution in [0.15, 0.2) is 42.7 Å². The van der Waals surface area contributed by atoms with Gasteiger partial charge in [-0.15, -0.1) is 0 Å². The molecule has 1 aromatic carbocycles. The highest BCUT2D eigenvalue weighted by Gasteiger charge is 2.25. The van der Waals surface area contributed by atoms with E-state index in [1.54, 1.807) is 0 Å². The highest BCUT2D eigenvalue weighted by atomic mass is 16.5. The van der Waals surface area contributed by atoms with Crippen molar-refractivity contribution >= 4 is 5.91 Å². The molecular formula is C19H25N3O2. The van der Waals surface area contributed by atoms with Gasteiger partial charge in [0.05, 0.1) is 18.8 Å². The molecular weight excluding hydrogens is 302 g/mol. The molecule has 1 saturated heterocycles. The number of amides is 1. The second kappa shape index (κ2) is 8.11. The zero-order chi connectivity index (χ0) is 16.8. The molecule has 2 aromatic rings. The molecule has 1 aromatic heterocycles. The number of hydrogen-bond acceptors (Lipinski definition) is 3. The highest BCUT2D eigenvalue weighted by Crippen LogP contribution is 2.21. The molecule has 0 spiro atoms. The minimum Gasteiger partial charge on any atom is -0.371 e. The summed E-state index contributed by atoms with van der Waals surface area (Å²) < 4.78 is 7.58. The molecule has 0 unspecified atom stereocenters. The Hall–Kier alpha value is -2.14. The first-order chi connectivity index (χ1) is 11.7. The Morgan fingerprint density at radius 3 is 2.92 bits per heavy atom. The highest BCUT2D eigenvalue weighted by molar-refractivity contribution is 5.77. The third kappa shape index (κ3) is 4.45. The molecule has 5 nitrogen and oxygen atoms in total. The van der Waals surface area contributed by atoms with Gasteiger partial charge in [-0.1, -0.05) is 30.3 Å². The quantitative estimate of drug-likeness (QED) is 0.766. The summed E-state index contributed by atoms with van der Waals surface area (Å²) in [6, 6.07) is 10.5. The maximum atomic E-state index is 12.4. The lowest BCUT2D eigenvalue weighted by Gasteiger charge is -2.32. The predicted octanol–water partition coefficient (Wildman–Crippen LogP) is 2.61. The van der Waals surface area contributed by atoms with E-state index < -0.39 is 0 Å². The van der Waals surface area contributed by atoms with Crippen molar-refractivity contribution in [2.45, 2.75) is 32.2 Å². The van der Waals surface area contributed by atoms with Crippen molar-refractivity contribution < 1.29 is 9.53 Å². The van der Waals surface area contributed by atoms with E-state index >= 15 is 0 Å². The number of carbonyl (C=O) groups excluding carboxylic acids is 1. The van der Waals surface area contributed by atoms with E-state index in [-0.39, 0.29) is 18.6 Å². The zero-order valence-electron chi connectivity index (χ0n) is 14.2. The van der Waals surface area contributed by atoms with Crippen molar-refractivity contribution in [3.63, 3.8) is 0 Å². The van der Waals surface area contributed by atoms with Gasteiger partial charge < -0.3 is 9.64 Å². The van der Waals surface area contributed by atoms with E-state index in [1.165, 1.54) is 5.56 Å². The Morgan fingerprint density at radius 2 is 2.17 bits per heavy atom. The summed E-state index contributed by atoms with van der Waals surface area (Å²) in [5.74, 6) is 0.0802. The van der Waals surface area contributed by atoms with Crippen LogP contribution in [0.2, 0.25) is 0 Å². The molecule has 3 rings (SSSR count). The number of benzene rings is 1. The molecule has 0 aliphatic carbocycles. The summed E-state index contributed by atoms with van der Waals surface area (Å²) in [6.07, 6.45) is 6.84. The third-order valence-corrected chi connectivity index (χ3v) is 4.46. The summed E-state index contributed by atoms with van der Waals surface area (Å²) in [5, 5.41) is 4.39. The number of likely N-dealkylation sites (tertiary alicyclic amines) is 1. The van der Waals surface area contributed by atoms with Gasteiger partial charge in [-0.2, -0.15) is 5.10 Å². The molecule has 0 saturated carbocycles. The molecule has 24 heavy (non-hydrogen) atoms. The second-order valence-corrected chi connectivity index (χ2v) is 6.42. The topological polar surface area (TPSA) is 47.4 Å². The minimum absolute atomic E-state index is 0.0802. The van der Waals surface area contributed by atoms with Gasteiger partial charge in [-0.25, -0.2) is 0 Å². The molecule has 1 aliphatic rings. The molecule has 1 aliphatic heterocycles. The average molecular weight is 327 g/mol. The van der Waals surface area contributed by atoms with E-state index in [9.17, 15) is 4.79 Å². The first kappa shape index (κ1) is 16.7. The SMILES string of the molecule is Cc1cnn([C@@H]2CCCN(C(=O)COCCc3ccccc3)C2)c1. The molecule has 0 radical (unpaired) electrons. The molecule has 1 amide bonds. The number of ether oxygens (including phenoxy) is 1. The van der Waals surface area contributed by atoms with Crippen LogP contribution in [0.25, 0.3) is 0 Å². The second-order valence-electron chi connectivity index (χ2n) is 6.42. The van der Waals surface area contributed by atoms with Crippen molar-refractivity contribution in [1.82, 2.24) is 14.7 Å². The molecule has 2 heterocycles. The number of aromatic nitrogens is 2. The summed E-state index contributed by atoms with van der Waals surface area (Å²) >= 11 is 0. The van der Waals surface area contributed by atoms with Crippen LogP contribution in [0.4, 0.5) is 0 Å². The van der Waals surface area contributed by atoms with Crippen molar-refractivity contribution in [3.05, 3.63) is 53.9 Å². The van der Waals surface area contributed by atoms with Crippen LogP contribution in [0.1, 0.15) is 30.0 Å². The fourth-order valence-electron chi connectivity index (χ4n) is 3.12. The largest absolute Gasteiger partial charge is 0.371 e. The lowest BCUT2D eigenvalue weighted by Crippen LogP contribution is -2.42. The van der Waals surface area contributed by atoms with Crippen molar-refractivity contribution in [3.8, 4) is 0 Å². The van der Waals surface area contributed by atoms with Crippen molar-refractivity contribution in [2.75, 3.05) is 26.3 Å². The first-order valence-electron chi connectivity index (χ1n) is 8.62. The Morgan fingerprint density at radius 1 is 1.33 bits per heavy atom. The van der Waals surface area contributed by atoms with E-state index in [1.807, 2.05) is 40.9 Å². The Labute approximate surface area is 143 Å². The zero-order valence-corrected chi connectivity index (χ0v) is 14.2. The van der Waals surface area contributed by atoms with Gasteiger partial charge in [0.1, 0.15) is 6.61 Å². The predicted molar refractivity (Wildman–Crippen MR) is 92.8 cm³/mol. The van der Waals surface area contributed by atoms with Gasteiger partial charge >= 0.3 is 0 Å². The Balaban J connectivity index is 1.43. The standard InChI is InChI=1S/C19H25N3O2/c1-16-12-20-22(13-16)18-8-5-10-21(14-18)19(23)15-24-11-9-17-6-3-2-4-7-17/h2-4,6-7,12-13,18H,5,8-11,14-15H2,1H3/t18-/m1/s1. The normalized spacial score (nSPS) is 17.9. The Bertz CT molecular complexity index is 654. The van der Waals surface area contributed by atoms with E-state index in [0.29, 0.717) is 6.61 Å². The van der Waals surface area contributed by atoms with Gasteiger partial charge in [-0.05, 0) is 37.3 Å². The average Bonchev–Trinajstić information content (AvgIpc) is 3.06. The van der Waals surface area contributed by atoms with Gasteiger partial charge in [0.15, 0.2) is 0 Å². The molecule has 1 atom stereocenters. The van der Waals surface area contributed by atoms with Gasteiger partial charge in [-0.3, -0.25) is 9.48 Å². The molecule has 0 bridgehead atoms. The first-order valence-corrected chi connectivity index (χ1v) is 8.62. The number of nitrogens with zero attached hydrogens (tertiary/aromatic N) is 3. The number of piperidine rings is 1. The van der Waals surface area contributed by atoms with Gasteiger partial charge in [0, 0.05) is 19.3 Å². The van der Waals surface area contributed by atoms with E-state index in [0.717, 1.165) is 37.9 Å². The fourth-order valence-corrected chi connectivity index (χ4v) is 3.12. The molecule has 128 valence electrons. The maximum Gasteiger partial charge on any atom is 0.248 e. The van der Waals surface area contributed by atoms with Gasteiger partial charge in [0.25, 0.3) is 0 Å². The summed E-state index contributed by atoms with van der Waals surface area (Å²) in [4.78, 5) is 14.3. The van der Waals surface area contributed by atoms with Crippen LogP contribution >= 0.6 is 0 Å². The van der Waals surface area contributed by atoms with Crippen LogP contribution in [-0.4, -0.2) is 46.9 Å². The van der Waals surface area contributed by atoms with Crippen LogP contribution in [0.5, 0.6) is 0 Å². The number of carbonyl (C=O) groups is 1. The Kier molecular flexibility index (Phi) is 5.64. The number of aryl methyl sites for hydroxylation is 1. The van der Waals surface area contributed by atoms with Crippen LogP contribution in [0, 0.1) is 6.92 Å². The molecule has 5 heteroatoms. The maximum absolute atomic E-state index is 12.4. The van der Waals surface area contributed by atoms with Crippen LogP contribution < -0.4 is 0 Å². The molecule has 1 fully saturated rings. The van der Waals surface area contributed by atoms with Crippen LogP contribution in [0.3, 0.4) is 0 Å². The minimum atomic E-state index is 0.0802. The summed E-state index contributed by atoms with van der Waals surface area (Å²) in [6.45, 7) is 4.32. The van der Waals surface area contributed by atoms with Crippen molar-refractivity contribution in [2.24, 2.45) is 0 Å². The summed E-state index contributed by atoms with van der Waals surface area (Å²) in [5.41, 5.74) is 2.39. The lowest BCUT2D eigenvalue weighted by atomic mass is 10.1. The van der Waals surface area contributed by atoms with Gasteiger partial charge in [0.2, 0.25) is 5.91 Å². The van der Waals surface area contributed by atoms with E-state index in [4.69, 9.17) is 4.74 Å². The van der Waals surface area contributed by atoms with Crippen molar-refractivity contribution in [1.29, 1.82) is 0 Å². The van der Waals surface area contributed by atoms with Crippen LogP contribution in [-0.2, 0) is 16.0 Å². The number of rotatable bonds is 6.